The molecule has 2 aromatic carbocycles. The van der Waals surface area contributed by atoms with E-state index < -0.39 is 15.9 Å². The Morgan fingerprint density at radius 2 is 1.94 bits per heavy atom. The van der Waals surface area contributed by atoms with Crippen LogP contribution in [0, 0.1) is 0 Å². The molecule has 1 unspecified atom stereocenters. The third-order valence-electron chi connectivity index (χ3n) is 5.31. The van der Waals surface area contributed by atoms with Crippen LogP contribution in [-0.4, -0.2) is 49.4 Å². The van der Waals surface area contributed by atoms with E-state index in [1.54, 1.807) is 24.3 Å². The molecule has 2 heterocycles. The van der Waals surface area contributed by atoms with Gasteiger partial charge in [-0.2, -0.15) is 0 Å². The van der Waals surface area contributed by atoms with Gasteiger partial charge in [0.05, 0.1) is 11.5 Å². The highest BCUT2D eigenvalue weighted by Gasteiger charge is 2.28. The van der Waals surface area contributed by atoms with Crippen molar-refractivity contribution in [3.05, 3.63) is 65.9 Å². The van der Waals surface area contributed by atoms with Crippen molar-refractivity contribution >= 4 is 38.4 Å². The number of amides is 3. The molecule has 4 rings (SSSR count). The predicted molar refractivity (Wildman–Crippen MR) is 120 cm³/mol. The van der Waals surface area contributed by atoms with Crippen LogP contribution in [0.2, 0.25) is 0 Å². The van der Waals surface area contributed by atoms with E-state index >= 15 is 0 Å². The molecule has 9 heteroatoms. The van der Waals surface area contributed by atoms with Crippen LogP contribution in [0.5, 0.6) is 0 Å². The lowest BCUT2D eigenvalue weighted by Gasteiger charge is -2.13. The molecule has 0 aliphatic carbocycles. The van der Waals surface area contributed by atoms with Gasteiger partial charge in [0.25, 0.3) is 5.91 Å². The molecule has 0 spiro atoms. The van der Waals surface area contributed by atoms with Gasteiger partial charge in [-0.15, -0.1) is 0 Å². The molecule has 8 nitrogen and oxygen atoms in total. The number of aromatic amines is 1. The van der Waals surface area contributed by atoms with Gasteiger partial charge in [-0.05, 0) is 42.7 Å². The number of carbonyl (C=O) groups is 2. The summed E-state index contributed by atoms with van der Waals surface area (Å²) in [5, 5.41) is 9.37. The number of hydrogen-bond donors (Lipinski definition) is 4. The third-order valence-corrected chi connectivity index (χ3v) is 7.07. The number of benzene rings is 2. The van der Waals surface area contributed by atoms with E-state index in [-0.39, 0.29) is 23.5 Å². The maximum absolute atomic E-state index is 12.5. The van der Waals surface area contributed by atoms with Gasteiger partial charge in [0.15, 0.2) is 9.84 Å². The van der Waals surface area contributed by atoms with Crippen molar-refractivity contribution in [2.45, 2.75) is 18.9 Å². The number of H-pyrrole nitrogens is 1. The standard InChI is InChI=1S/C22H24N4O4S/c27-21(23-10-8-16-13-24-20-7-2-1-6-19(16)20)15-4-3-5-17(12-15)25-22(28)26-18-9-11-31(29,30)14-18/h1-7,12-13,18,24H,8-11,14H2,(H,23,27)(H2,25,26,28). The second kappa shape index (κ2) is 8.81. The van der Waals surface area contributed by atoms with Crippen LogP contribution in [0.25, 0.3) is 10.9 Å². The molecule has 1 aliphatic heterocycles. The number of fused-ring (bicyclic) bond motifs is 1. The van der Waals surface area contributed by atoms with Crippen LogP contribution in [0.3, 0.4) is 0 Å². The van der Waals surface area contributed by atoms with Gasteiger partial charge in [-0.1, -0.05) is 24.3 Å². The molecule has 1 atom stereocenters. The number of hydrogen-bond acceptors (Lipinski definition) is 4. The van der Waals surface area contributed by atoms with Crippen LogP contribution in [0.1, 0.15) is 22.3 Å². The molecular formula is C22H24N4O4S. The molecule has 1 aliphatic rings. The summed E-state index contributed by atoms with van der Waals surface area (Å²) in [7, 11) is -3.07. The van der Waals surface area contributed by atoms with Gasteiger partial charge in [0, 0.05) is 40.9 Å². The van der Waals surface area contributed by atoms with E-state index in [4.69, 9.17) is 0 Å². The number of urea groups is 1. The zero-order valence-corrected chi connectivity index (χ0v) is 17.7. The van der Waals surface area contributed by atoms with E-state index in [0.29, 0.717) is 30.6 Å². The summed E-state index contributed by atoms with van der Waals surface area (Å²) in [6, 6.07) is 13.8. The van der Waals surface area contributed by atoms with Gasteiger partial charge in [-0.3, -0.25) is 4.79 Å². The summed E-state index contributed by atoms with van der Waals surface area (Å²) in [6.45, 7) is 0.481. The Kier molecular flexibility index (Phi) is 5.94. The highest BCUT2D eigenvalue weighted by atomic mass is 32.2. The maximum Gasteiger partial charge on any atom is 0.319 e. The molecule has 162 valence electrons. The number of carbonyl (C=O) groups excluding carboxylic acids is 2. The number of sulfone groups is 1. The number of rotatable bonds is 6. The summed E-state index contributed by atoms with van der Waals surface area (Å²) in [5.41, 5.74) is 3.09. The minimum absolute atomic E-state index is 0.0424. The topological polar surface area (TPSA) is 120 Å². The lowest BCUT2D eigenvalue weighted by molar-refractivity contribution is 0.0954. The quantitative estimate of drug-likeness (QED) is 0.471. The summed E-state index contributed by atoms with van der Waals surface area (Å²) >= 11 is 0. The van der Waals surface area contributed by atoms with Gasteiger partial charge in [0.2, 0.25) is 0 Å². The van der Waals surface area contributed by atoms with E-state index in [9.17, 15) is 18.0 Å². The van der Waals surface area contributed by atoms with Crippen molar-refractivity contribution in [1.82, 2.24) is 15.6 Å². The second-order valence-corrected chi connectivity index (χ2v) is 9.87. The largest absolute Gasteiger partial charge is 0.361 e. The molecule has 31 heavy (non-hydrogen) atoms. The normalized spacial score (nSPS) is 17.4. The molecule has 1 fully saturated rings. The lowest BCUT2D eigenvalue weighted by atomic mass is 10.1. The van der Waals surface area contributed by atoms with Crippen LogP contribution < -0.4 is 16.0 Å². The van der Waals surface area contributed by atoms with Gasteiger partial charge in [0.1, 0.15) is 0 Å². The lowest BCUT2D eigenvalue weighted by Crippen LogP contribution is -2.38. The van der Waals surface area contributed by atoms with Crippen LogP contribution in [0.15, 0.2) is 54.7 Å². The zero-order chi connectivity index (χ0) is 21.8. The highest BCUT2D eigenvalue weighted by molar-refractivity contribution is 7.91. The van der Waals surface area contributed by atoms with Gasteiger partial charge < -0.3 is 20.9 Å². The second-order valence-electron chi connectivity index (χ2n) is 7.64. The Morgan fingerprint density at radius 3 is 2.74 bits per heavy atom. The fourth-order valence-electron chi connectivity index (χ4n) is 3.75. The Balaban J connectivity index is 1.30. The Bertz CT molecular complexity index is 1220. The van der Waals surface area contributed by atoms with E-state index in [0.717, 1.165) is 16.5 Å². The average molecular weight is 441 g/mol. The van der Waals surface area contributed by atoms with Crippen molar-refractivity contribution in [2.75, 3.05) is 23.4 Å². The first kappa shape index (κ1) is 20.9. The minimum Gasteiger partial charge on any atom is -0.361 e. The summed E-state index contributed by atoms with van der Waals surface area (Å²) < 4.78 is 23.0. The van der Waals surface area contributed by atoms with Crippen LogP contribution in [0.4, 0.5) is 10.5 Å². The van der Waals surface area contributed by atoms with Crippen molar-refractivity contribution in [1.29, 1.82) is 0 Å². The number of nitrogens with one attached hydrogen (secondary N) is 4. The Morgan fingerprint density at radius 1 is 1.10 bits per heavy atom. The van der Waals surface area contributed by atoms with Crippen molar-refractivity contribution in [3.8, 4) is 0 Å². The first-order valence-corrected chi connectivity index (χ1v) is 11.9. The third kappa shape index (κ3) is 5.24. The first-order valence-electron chi connectivity index (χ1n) is 10.1. The average Bonchev–Trinajstić information content (AvgIpc) is 3.30. The maximum atomic E-state index is 12.5. The minimum atomic E-state index is -3.07. The number of anilines is 1. The van der Waals surface area contributed by atoms with E-state index in [1.165, 1.54) is 0 Å². The van der Waals surface area contributed by atoms with Gasteiger partial charge >= 0.3 is 6.03 Å². The van der Waals surface area contributed by atoms with Crippen molar-refractivity contribution in [3.63, 3.8) is 0 Å². The van der Waals surface area contributed by atoms with E-state index in [1.807, 2.05) is 30.5 Å². The fourth-order valence-corrected chi connectivity index (χ4v) is 5.42. The molecular weight excluding hydrogens is 416 g/mol. The first-order chi connectivity index (χ1) is 14.9. The fraction of sp³-hybridized carbons (Fsp3) is 0.273. The van der Waals surface area contributed by atoms with Gasteiger partial charge in [-0.25, -0.2) is 13.2 Å². The summed E-state index contributed by atoms with van der Waals surface area (Å²) in [5.74, 6) is -0.184. The molecule has 0 radical (unpaired) electrons. The zero-order valence-electron chi connectivity index (χ0n) is 16.9. The molecule has 0 saturated carbocycles. The SMILES string of the molecule is O=C(Nc1cccc(C(=O)NCCc2c[nH]c3ccccc23)c1)NC1CCS(=O)(=O)C1. The molecule has 3 aromatic rings. The number of para-hydroxylation sites is 1. The predicted octanol–water partition coefficient (Wildman–Crippen LogP) is 2.45. The Hall–Kier alpha value is -3.33. The van der Waals surface area contributed by atoms with E-state index in [2.05, 4.69) is 20.9 Å². The van der Waals surface area contributed by atoms with Crippen molar-refractivity contribution in [2.24, 2.45) is 0 Å². The Labute approximate surface area is 180 Å². The monoisotopic (exact) mass is 440 g/mol. The number of aromatic nitrogens is 1. The molecule has 1 saturated heterocycles. The molecule has 1 aromatic heterocycles. The van der Waals surface area contributed by atoms with Crippen molar-refractivity contribution < 1.29 is 18.0 Å². The van der Waals surface area contributed by atoms with Crippen LogP contribution >= 0.6 is 0 Å². The highest BCUT2D eigenvalue weighted by Crippen LogP contribution is 2.18. The molecule has 0 bridgehead atoms. The smallest absolute Gasteiger partial charge is 0.319 e. The van der Waals surface area contributed by atoms with Crippen LogP contribution in [-0.2, 0) is 16.3 Å². The summed E-state index contributed by atoms with van der Waals surface area (Å²) in [6.07, 6.45) is 3.06. The molecule has 4 N–H and O–H groups in total. The molecule has 3 amide bonds. The summed E-state index contributed by atoms with van der Waals surface area (Å²) in [4.78, 5) is 27.9.